The van der Waals surface area contributed by atoms with Gasteiger partial charge in [-0.25, -0.2) is 13.7 Å². The van der Waals surface area contributed by atoms with Crippen LogP contribution in [0.3, 0.4) is 0 Å². The van der Waals surface area contributed by atoms with Crippen molar-refractivity contribution in [1.82, 2.24) is 9.29 Å². The number of nitrogens with one attached hydrogen (secondary N) is 1. The minimum atomic E-state index is -1.51. The first kappa shape index (κ1) is 16.9. The molecule has 2 rings (SSSR count). The molecule has 1 heterocycles. The van der Waals surface area contributed by atoms with Crippen molar-refractivity contribution in [1.29, 1.82) is 0 Å². The summed E-state index contributed by atoms with van der Waals surface area (Å²) in [5.74, 6) is -2.23. The Balaban J connectivity index is 2.28. The molecule has 0 aliphatic rings. The zero-order valence-corrected chi connectivity index (χ0v) is 13.4. The summed E-state index contributed by atoms with van der Waals surface area (Å²) in [6, 6.07) is 8.26. The average molecular weight is 336 g/mol. The van der Waals surface area contributed by atoms with Crippen LogP contribution in [0.4, 0.5) is 0 Å². The molecule has 0 saturated heterocycles. The van der Waals surface area contributed by atoms with Gasteiger partial charge in [0.05, 0.1) is 4.90 Å². The number of carbonyl (C=O) groups is 1. The normalized spacial score (nSPS) is 12.1. The minimum Gasteiger partial charge on any atom is -0.502 e. The number of aromatic hydroxyl groups is 1. The molecule has 1 atom stereocenters. The first-order chi connectivity index (χ1) is 10.8. The number of nitrogens with zero attached hydrogens (tertiary/aromatic N) is 1. The van der Waals surface area contributed by atoms with Gasteiger partial charge in [-0.1, -0.05) is 18.2 Å². The molecule has 0 spiro atoms. The summed E-state index contributed by atoms with van der Waals surface area (Å²) in [5, 5.41) is 18.7. The number of hydrogen-bond acceptors (Lipinski definition) is 4. The molecule has 1 aromatic carbocycles. The van der Waals surface area contributed by atoms with E-state index in [0.717, 1.165) is 11.6 Å². The second kappa shape index (κ2) is 6.76. The van der Waals surface area contributed by atoms with Gasteiger partial charge in [-0.3, -0.25) is 4.79 Å². The van der Waals surface area contributed by atoms with Gasteiger partial charge in [-0.05, 0) is 18.6 Å². The number of aromatic carboxylic acids is 1. The van der Waals surface area contributed by atoms with Crippen LogP contribution < -0.4 is 10.2 Å². The molecule has 1 aromatic heterocycles. The van der Waals surface area contributed by atoms with Gasteiger partial charge in [0.1, 0.15) is 11.0 Å². The molecule has 0 aliphatic carbocycles. The van der Waals surface area contributed by atoms with Gasteiger partial charge >= 0.3 is 5.97 Å². The van der Waals surface area contributed by atoms with E-state index in [9.17, 15) is 18.9 Å². The van der Waals surface area contributed by atoms with E-state index in [1.165, 1.54) is 11.6 Å². The fourth-order valence-electron chi connectivity index (χ4n) is 2.13. The number of hydrogen-bond donors (Lipinski definition) is 3. The zero-order chi connectivity index (χ0) is 17.1. The third kappa shape index (κ3) is 3.49. The monoisotopic (exact) mass is 336 g/mol. The molecule has 3 N–H and O–H groups in total. The molecule has 0 saturated carbocycles. The van der Waals surface area contributed by atoms with E-state index in [2.05, 4.69) is 4.72 Å². The van der Waals surface area contributed by atoms with Crippen LogP contribution in [-0.4, -0.2) is 25.0 Å². The van der Waals surface area contributed by atoms with E-state index < -0.39 is 33.8 Å². The third-order valence-electron chi connectivity index (χ3n) is 3.40. The summed E-state index contributed by atoms with van der Waals surface area (Å²) in [7, 11) is -0.0953. The number of rotatable bonds is 5. The van der Waals surface area contributed by atoms with Crippen LogP contribution in [-0.2, 0) is 24.6 Å². The first-order valence-corrected chi connectivity index (χ1v) is 7.84. The Kier molecular flexibility index (Phi) is 4.97. The second-order valence-corrected chi connectivity index (χ2v) is 6.18. The summed E-state index contributed by atoms with van der Waals surface area (Å²) < 4.78 is 16.2. The maximum atomic E-state index is 12.3. The van der Waals surface area contributed by atoms with E-state index in [0.29, 0.717) is 10.6 Å². The SMILES string of the molecule is Cc1ccccc1S(=O)NCc1cc(=O)c(O)c(C(=O)O)n1C. The lowest BCUT2D eigenvalue weighted by molar-refractivity contribution is 0.0681. The van der Waals surface area contributed by atoms with Crippen molar-refractivity contribution in [2.45, 2.75) is 18.4 Å². The van der Waals surface area contributed by atoms with Crippen LogP contribution in [0.15, 0.2) is 40.0 Å². The van der Waals surface area contributed by atoms with Gasteiger partial charge in [0.2, 0.25) is 5.43 Å². The van der Waals surface area contributed by atoms with Crippen LogP contribution in [0.5, 0.6) is 5.75 Å². The molecule has 0 fully saturated rings. The highest BCUT2D eigenvalue weighted by atomic mass is 32.2. The van der Waals surface area contributed by atoms with Gasteiger partial charge < -0.3 is 14.8 Å². The topological polar surface area (TPSA) is 109 Å². The summed E-state index contributed by atoms with van der Waals surface area (Å²) in [4.78, 5) is 23.4. The number of aromatic nitrogens is 1. The standard InChI is InChI=1S/C15H16N2O5S/c1-9-5-3-4-6-12(9)23(22)16-8-10-7-11(18)14(19)13(15(20)21)17(10)2/h3-7,16,19H,8H2,1-2H3,(H,20,21). The van der Waals surface area contributed by atoms with Gasteiger partial charge in [0.25, 0.3) is 0 Å². The molecule has 7 nitrogen and oxygen atoms in total. The summed E-state index contributed by atoms with van der Waals surface area (Å²) in [6.45, 7) is 1.83. The lowest BCUT2D eigenvalue weighted by atomic mass is 10.2. The van der Waals surface area contributed by atoms with Crippen molar-refractivity contribution in [3.05, 3.63) is 57.5 Å². The molecule has 0 bridgehead atoms. The van der Waals surface area contributed by atoms with Crippen molar-refractivity contribution in [3.63, 3.8) is 0 Å². The third-order valence-corrected chi connectivity index (χ3v) is 4.67. The molecule has 0 radical (unpaired) electrons. The molecule has 0 aliphatic heterocycles. The first-order valence-electron chi connectivity index (χ1n) is 6.69. The van der Waals surface area contributed by atoms with E-state index in [-0.39, 0.29) is 6.54 Å². The largest absolute Gasteiger partial charge is 0.502 e. The average Bonchev–Trinajstić information content (AvgIpc) is 2.49. The second-order valence-electron chi connectivity index (χ2n) is 4.92. The summed E-state index contributed by atoms with van der Waals surface area (Å²) in [5.41, 5.74) is -0.147. The molecular formula is C15H16N2O5S. The molecule has 122 valence electrons. The number of aryl methyl sites for hydroxylation is 1. The van der Waals surface area contributed by atoms with Crippen LogP contribution in [0.25, 0.3) is 0 Å². The fourth-order valence-corrected chi connectivity index (χ4v) is 3.13. The maximum absolute atomic E-state index is 12.3. The highest BCUT2D eigenvalue weighted by Crippen LogP contribution is 2.14. The Morgan fingerprint density at radius 3 is 2.61 bits per heavy atom. The van der Waals surface area contributed by atoms with Crippen molar-refractivity contribution in [3.8, 4) is 5.75 Å². The predicted molar refractivity (Wildman–Crippen MR) is 84.7 cm³/mol. The lowest BCUT2D eigenvalue weighted by Gasteiger charge is -2.14. The minimum absolute atomic E-state index is 0.00719. The van der Waals surface area contributed by atoms with Crippen LogP contribution in [0, 0.1) is 6.92 Å². The van der Waals surface area contributed by atoms with Gasteiger partial charge in [0, 0.05) is 25.4 Å². The van der Waals surface area contributed by atoms with Gasteiger partial charge in [0.15, 0.2) is 11.4 Å². The van der Waals surface area contributed by atoms with E-state index >= 15 is 0 Å². The van der Waals surface area contributed by atoms with Crippen molar-refractivity contribution < 1.29 is 19.2 Å². The number of carboxylic acid groups (broad SMARTS) is 1. The molecule has 8 heteroatoms. The molecule has 2 aromatic rings. The molecular weight excluding hydrogens is 320 g/mol. The Hall–Kier alpha value is -2.45. The number of pyridine rings is 1. The summed E-state index contributed by atoms with van der Waals surface area (Å²) in [6.07, 6.45) is 0. The zero-order valence-electron chi connectivity index (χ0n) is 12.6. The van der Waals surface area contributed by atoms with E-state index in [4.69, 9.17) is 5.11 Å². The van der Waals surface area contributed by atoms with Crippen LogP contribution in [0.1, 0.15) is 21.7 Å². The number of carboxylic acids is 1. The van der Waals surface area contributed by atoms with E-state index in [1.54, 1.807) is 12.1 Å². The summed E-state index contributed by atoms with van der Waals surface area (Å²) >= 11 is 0. The lowest BCUT2D eigenvalue weighted by Crippen LogP contribution is -2.24. The predicted octanol–water partition coefficient (Wildman–Crippen LogP) is 0.910. The van der Waals surface area contributed by atoms with E-state index in [1.807, 2.05) is 19.1 Å². The Morgan fingerprint density at radius 2 is 2.00 bits per heavy atom. The van der Waals surface area contributed by atoms with Gasteiger partial charge in [-0.15, -0.1) is 0 Å². The quantitative estimate of drug-likeness (QED) is 0.752. The molecule has 1 unspecified atom stereocenters. The van der Waals surface area contributed by atoms with Crippen LogP contribution in [0.2, 0.25) is 0 Å². The molecule has 23 heavy (non-hydrogen) atoms. The van der Waals surface area contributed by atoms with Crippen LogP contribution >= 0.6 is 0 Å². The highest BCUT2D eigenvalue weighted by molar-refractivity contribution is 7.83. The van der Waals surface area contributed by atoms with Crippen molar-refractivity contribution in [2.75, 3.05) is 0 Å². The van der Waals surface area contributed by atoms with Crippen molar-refractivity contribution in [2.24, 2.45) is 7.05 Å². The fraction of sp³-hybridized carbons (Fsp3) is 0.200. The number of benzene rings is 1. The Labute approximate surface area is 134 Å². The van der Waals surface area contributed by atoms with Crippen molar-refractivity contribution >= 4 is 17.0 Å². The Morgan fingerprint density at radius 1 is 1.35 bits per heavy atom. The van der Waals surface area contributed by atoms with Gasteiger partial charge in [-0.2, -0.15) is 0 Å². The molecule has 0 amide bonds. The maximum Gasteiger partial charge on any atom is 0.356 e. The smallest absolute Gasteiger partial charge is 0.356 e. The highest BCUT2D eigenvalue weighted by Gasteiger charge is 2.19. The Bertz CT molecular complexity index is 844.